The lowest BCUT2D eigenvalue weighted by atomic mass is 9.92. The van der Waals surface area contributed by atoms with Crippen LogP contribution in [0.5, 0.6) is 0 Å². The van der Waals surface area contributed by atoms with E-state index in [1.165, 1.54) is 16.6 Å². The molecule has 3 heterocycles. The predicted octanol–water partition coefficient (Wildman–Crippen LogP) is 1.48. The number of hydrogen-bond acceptors (Lipinski definition) is 11. The van der Waals surface area contributed by atoms with Gasteiger partial charge in [-0.2, -0.15) is 10.4 Å². The first-order valence-corrected chi connectivity index (χ1v) is 10.5. The summed E-state index contributed by atoms with van der Waals surface area (Å²) in [5, 5.41) is 37.8. The number of aliphatic hydroxyl groups is 2. The molecule has 1 saturated heterocycles. The fourth-order valence-corrected chi connectivity index (χ4v) is 3.40. The molecule has 2 aromatic heterocycles. The van der Waals surface area contributed by atoms with Crippen LogP contribution < -0.4 is 5.32 Å². The first-order chi connectivity index (χ1) is 15.9. The van der Waals surface area contributed by atoms with Crippen LogP contribution in [0.25, 0.3) is 5.52 Å². The number of anilines is 1. The van der Waals surface area contributed by atoms with E-state index in [1.54, 1.807) is 34.6 Å². The number of rotatable bonds is 5. The molecule has 0 radical (unpaired) electrons. The number of ether oxygens (including phenoxy) is 4. The minimum Gasteiger partial charge on any atom is -0.447 e. The lowest BCUT2D eigenvalue weighted by molar-refractivity contribution is -0.0789. The summed E-state index contributed by atoms with van der Waals surface area (Å²) in [6.07, 6.45) is -5.45. The SMILES string of the molecule is CC(C)OC(=O)Nc1ncnn2c([C@]3(C#N)O[C@H](COC(=O)OC(C)(C)C)[C@@H](O)[C@H]3O)ccc12. The quantitative estimate of drug-likeness (QED) is 0.531. The van der Waals surface area contributed by atoms with Crippen molar-refractivity contribution in [2.45, 2.75) is 70.2 Å². The zero-order valence-electron chi connectivity index (χ0n) is 19.4. The van der Waals surface area contributed by atoms with Gasteiger partial charge in [0.2, 0.25) is 5.60 Å². The van der Waals surface area contributed by atoms with Crippen LogP contribution in [0.3, 0.4) is 0 Å². The van der Waals surface area contributed by atoms with Gasteiger partial charge in [-0.1, -0.05) is 0 Å². The molecule has 0 spiro atoms. The van der Waals surface area contributed by atoms with E-state index in [0.717, 1.165) is 6.33 Å². The molecule has 13 nitrogen and oxygen atoms in total. The van der Waals surface area contributed by atoms with Gasteiger partial charge in [0, 0.05) is 0 Å². The van der Waals surface area contributed by atoms with Crippen LogP contribution in [0.15, 0.2) is 18.5 Å². The average molecular weight is 477 g/mol. The summed E-state index contributed by atoms with van der Waals surface area (Å²) in [5.74, 6) is 0.0952. The topological polar surface area (TPSA) is 178 Å². The van der Waals surface area contributed by atoms with E-state index in [9.17, 15) is 25.1 Å². The van der Waals surface area contributed by atoms with Gasteiger partial charge in [-0.3, -0.25) is 5.32 Å². The average Bonchev–Trinajstić information content (AvgIpc) is 3.26. The lowest BCUT2D eigenvalue weighted by Crippen LogP contribution is -2.41. The largest absolute Gasteiger partial charge is 0.508 e. The van der Waals surface area contributed by atoms with Crippen molar-refractivity contribution >= 4 is 23.6 Å². The highest BCUT2D eigenvalue weighted by molar-refractivity contribution is 5.88. The summed E-state index contributed by atoms with van der Waals surface area (Å²) in [6.45, 7) is 7.88. The molecule has 2 aromatic rings. The van der Waals surface area contributed by atoms with E-state index in [0.29, 0.717) is 0 Å². The molecule has 1 aliphatic rings. The van der Waals surface area contributed by atoms with Crippen molar-refractivity contribution in [1.29, 1.82) is 5.26 Å². The zero-order chi connectivity index (χ0) is 25.3. The fourth-order valence-electron chi connectivity index (χ4n) is 3.40. The summed E-state index contributed by atoms with van der Waals surface area (Å²) in [6, 6.07) is 4.85. The smallest absolute Gasteiger partial charge is 0.447 e. The number of nitrogens with zero attached hydrogens (tertiary/aromatic N) is 4. The van der Waals surface area contributed by atoms with Gasteiger partial charge in [0.15, 0.2) is 5.82 Å². The Morgan fingerprint density at radius 3 is 2.68 bits per heavy atom. The van der Waals surface area contributed by atoms with E-state index in [1.807, 2.05) is 6.07 Å². The first-order valence-electron chi connectivity index (χ1n) is 10.5. The third-order valence-corrected chi connectivity index (χ3v) is 4.77. The second-order valence-corrected chi connectivity index (χ2v) is 8.92. The van der Waals surface area contributed by atoms with Crippen molar-refractivity contribution in [3.05, 3.63) is 24.2 Å². The van der Waals surface area contributed by atoms with Gasteiger partial charge in [0.1, 0.15) is 48.4 Å². The van der Waals surface area contributed by atoms with Crippen LogP contribution in [0.2, 0.25) is 0 Å². The second kappa shape index (κ2) is 9.41. The molecule has 34 heavy (non-hydrogen) atoms. The highest BCUT2D eigenvalue weighted by atomic mass is 16.7. The first kappa shape index (κ1) is 25.2. The Morgan fingerprint density at radius 2 is 2.06 bits per heavy atom. The predicted molar refractivity (Wildman–Crippen MR) is 115 cm³/mol. The molecule has 13 heteroatoms. The minimum atomic E-state index is -2.06. The highest BCUT2D eigenvalue weighted by Gasteiger charge is 2.58. The molecular formula is C21H27N5O8. The Labute approximate surface area is 195 Å². The monoisotopic (exact) mass is 477 g/mol. The van der Waals surface area contributed by atoms with Crippen LogP contribution in [-0.4, -0.2) is 73.7 Å². The second-order valence-electron chi connectivity index (χ2n) is 8.92. The number of nitrogens with one attached hydrogen (secondary N) is 1. The van der Waals surface area contributed by atoms with Crippen molar-refractivity contribution in [3.63, 3.8) is 0 Å². The number of carbonyl (C=O) groups excluding carboxylic acids is 2. The number of fused-ring (bicyclic) bond motifs is 1. The summed E-state index contributed by atoms with van der Waals surface area (Å²) in [4.78, 5) is 27.9. The van der Waals surface area contributed by atoms with E-state index in [2.05, 4.69) is 15.4 Å². The molecule has 1 fully saturated rings. The molecule has 1 amide bonds. The van der Waals surface area contributed by atoms with E-state index in [4.69, 9.17) is 18.9 Å². The molecule has 1 aliphatic heterocycles. The van der Waals surface area contributed by atoms with Gasteiger partial charge in [-0.15, -0.1) is 0 Å². The van der Waals surface area contributed by atoms with Gasteiger partial charge in [0.25, 0.3) is 0 Å². The number of aliphatic hydroxyl groups excluding tert-OH is 2. The Balaban J connectivity index is 1.87. The standard InChI is InChI=1S/C21H27N5O8/c1-11(2)32-18(29)25-17-12-6-7-14(26(12)24-10-23-17)21(9-22)16(28)15(27)13(33-21)8-31-19(30)34-20(3,4)5/h6-7,10-11,13,15-16,27-28H,8H2,1-5H3,(H,23,24,25,29)/t13-,15-,16-,21+/m1/s1. The minimum absolute atomic E-state index is 0.0685. The molecule has 3 rings (SSSR count). The molecule has 0 bridgehead atoms. The maximum Gasteiger partial charge on any atom is 0.508 e. The fraction of sp³-hybridized carbons (Fsp3) is 0.571. The molecule has 0 unspecified atom stereocenters. The van der Waals surface area contributed by atoms with Crippen LogP contribution in [-0.2, 0) is 24.5 Å². The van der Waals surface area contributed by atoms with E-state index < -0.39 is 48.4 Å². The van der Waals surface area contributed by atoms with E-state index >= 15 is 0 Å². The Morgan fingerprint density at radius 1 is 1.35 bits per heavy atom. The normalized spacial score (nSPS) is 24.6. The van der Waals surface area contributed by atoms with Gasteiger partial charge in [0.05, 0.1) is 11.8 Å². The van der Waals surface area contributed by atoms with Crippen LogP contribution in [0.4, 0.5) is 15.4 Å². The van der Waals surface area contributed by atoms with Crippen LogP contribution in [0, 0.1) is 11.3 Å². The Bertz CT molecular complexity index is 1100. The molecule has 0 aliphatic carbocycles. The lowest BCUT2D eigenvalue weighted by Gasteiger charge is -2.24. The molecule has 0 aromatic carbocycles. The maximum atomic E-state index is 12.0. The van der Waals surface area contributed by atoms with Gasteiger partial charge in [-0.25, -0.2) is 19.1 Å². The van der Waals surface area contributed by atoms with Gasteiger partial charge >= 0.3 is 12.2 Å². The van der Waals surface area contributed by atoms with E-state index in [-0.39, 0.29) is 23.1 Å². The highest BCUT2D eigenvalue weighted by Crippen LogP contribution is 2.40. The number of nitriles is 1. The van der Waals surface area contributed by atoms with Gasteiger partial charge < -0.3 is 29.2 Å². The number of hydrogen-bond donors (Lipinski definition) is 3. The maximum absolute atomic E-state index is 12.0. The van der Waals surface area contributed by atoms with Crippen molar-refractivity contribution < 1.29 is 38.7 Å². The molecular weight excluding hydrogens is 450 g/mol. The van der Waals surface area contributed by atoms with Gasteiger partial charge in [-0.05, 0) is 46.8 Å². The summed E-state index contributed by atoms with van der Waals surface area (Å²) < 4.78 is 22.1. The van der Waals surface area contributed by atoms with Crippen molar-refractivity contribution in [3.8, 4) is 6.07 Å². The van der Waals surface area contributed by atoms with Crippen molar-refractivity contribution in [1.82, 2.24) is 14.6 Å². The van der Waals surface area contributed by atoms with Crippen LogP contribution in [0.1, 0.15) is 40.3 Å². The number of aromatic nitrogens is 3. The zero-order valence-corrected chi connectivity index (χ0v) is 19.4. The third-order valence-electron chi connectivity index (χ3n) is 4.77. The molecule has 184 valence electrons. The molecule has 0 saturated carbocycles. The van der Waals surface area contributed by atoms with Crippen molar-refractivity contribution in [2.24, 2.45) is 0 Å². The number of amides is 1. The van der Waals surface area contributed by atoms with Crippen LogP contribution >= 0.6 is 0 Å². The summed E-state index contributed by atoms with van der Waals surface area (Å²) >= 11 is 0. The molecule has 4 atom stereocenters. The third kappa shape index (κ3) is 5.04. The number of carbonyl (C=O) groups is 2. The Hall–Kier alpha value is -3.47. The van der Waals surface area contributed by atoms with Crippen molar-refractivity contribution in [2.75, 3.05) is 11.9 Å². The summed E-state index contributed by atoms with van der Waals surface area (Å²) in [5.41, 5.74) is -2.50. The Kier molecular flexibility index (Phi) is 6.97. The summed E-state index contributed by atoms with van der Waals surface area (Å²) in [7, 11) is 0. The molecule has 3 N–H and O–H groups in total.